The van der Waals surface area contributed by atoms with E-state index in [1.807, 2.05) is 50.2 Å². The van der Waals surface area contributed by atoms with Gasteiger partial charge in [-0.05, 0) is 43.5 Å². The average Bonchev–Trinajstić information content (AvgIpc) is 3.18. The third-order valence-electron chi connectivity index (χ3n) is 3.99. The lowest BCUT2D eigenvalue weighted by Gasteiger charge is -2.11. The molecule has 0 radical (unpaired) electrons. The van der Waals surface area contributed by atoms with Crippen LogP contribution in [0.5, 0.6) is 0 Å². The van der Waals surface area contributed by atoms with Gasteiger partial charge in [0.25, 0.3) is 0 Å². The van der Waals surface area contributed by atoms with Gasteiger partial charge in [-0.3, -0.25) is 9.97 Å². The molecular weight excluding hydrogens is 310 g/mol. The first kappa shape index (κ1) is 17.0. The van der Waals surface area contributed by atoms with E-state index in [9.17, 15) is 0 Å². The van der Waals surface area contributed by atoms with Gasteiger partial charge in [0.05, 0.1) is 12.2 Å². The Hall–Kier alpha value is -2.82. The molecule has 0 aliphatic heterocycles. The fourth-order valence-corrected chi connectivity index (χ4v) is 2.87. The van der Waals surface area contributed by atoms with E-state index in [2.05, 4.69) is 15.3 Å². The molecule has 3 aromatic rings. The number of nitrogens with one attached hydrogen (secondary N) is 1. The number of rotatable bonds is 4. The highest BCUT2D eigenvalue weighted by molar-refractivity contribution is 5.57. The number of aromatic nitrogens is 4. The zero-order valence-electron chi connectivity index (χ0n) is 14.7. The summed E-state index contributed by atoms with van der Waals surface area (Å²) in [6.45, 7) is 4.66. The number of fused-ring (bicyclic) bond motifs is 1. The summed E-state index contributed by atoms with van der Waals surface area (Å²) < 4.78 is 0. The lowest BCUT2D eigenvalue weighted by atomic mass is 10.2. The lowest BCUT2D eigenvalue weighted by molar-refractivity contribution is 0.899. The molecule has 4 rings (SSSR count). The summed E-state index contributed by atoms with van der Waals surface area (Å²) in [4.78, 5) is 18.1. The average molecular weight is 333 g/mol. The quantitative estimate of drug-likeness (QED) is 0.780. The van der Waals surface area contributed by atoms with Crippen LogP contribution in [0.15, 0.2) is 48.8 Å². The molecule has 0 bridgehead atoms. The van der Waals surface area contributed by atoms with E-state index >= 15 is 0 Å². The van der Waals surface area contributed by atoms with Crippen molar-refractivity contribution in [2.24, 2.45) is 0 Å². The van der Waals surface area contributed by atoms with Gasteiger partial charge >= 0.3 is 0 Å². The van der Waals surface area contributed by atoms with Crippen LogP contribution in [-0.2, 0) is 19.4 Å². The Balaban J connectivity index is 0.000000880. The van der Waals surface area contributed by atoms with E-state index in [-0.39, 0.29) is 0 Å². The van der Waals surface area contributed by atoms with Crippen LogP contribution >= 0.6 is 0 Å². The van der Waals surface area contributed by atoms with Crippen molar-refractivity contribution < 1.29 is 0 Å². The van der Waals surface area contributed by atoms with E-state index < -0.39 is 0 Å². The van der Waals surface area contributed by atoms with E-state index in [0.29, 0.717) is 12.4 Å². The fourth-order valence-electron chi connectivity index (χ4n) is 2.87. The van der Waals surface area contributed by atoms with Crippen LogP contribution in [0.25, 0.3) is 11.5 Å². The van der Waals surface area contributed by atoms with Gasteiger partial charge in [0.2, 0.25) is 0 Å². The number of pyridine rings is 2. The van der Waals surface area contributed by atoms with Crippen molar-refractivity contribution >= 4 is 5.82 Å². The number of hydrogen-bond acceptors (Lipinski definition) is 5. The third-order valence-corrected chi connectivity index (χ3v) is 3.99. The Morgan fingerprint density at radius 3 is 2.44 bits per heavy atom. The normalized spacial score (nSPS) is 12.1. The standard InChI is InChI=1S/C18H17N5.C2H6/c1-3-10-19-13(6-1)12-21-17-14-7-5-9-15(14)22-18(23-17)16-8-2-4-11-20-16;1-2/h1-4,6,8,10-11H,5,7,9,12H2,(H,21,22,23);1-2H3. The molecule has 5 nitrogen and oxygen atoms in total. The lowest BCUT2D eigenvalue weighted by Crippen LogP contribution is -2.08. The van der Waals surface area contributed by atoms with Crippen molar-refractivity contribution in [2.75, 3.05) is 5.32 Å². The highest BCUT2D eigenvalue weighted by atomic mass is 15.1. The molecule has 3 aromatic heterocycles. The van der Waals surface area contributed by atoms with Gasteiger partial charge in [0, 0.05) is 23.7 Å². The van der Waals surface area contributed by atoms with Crippen molar-refractivity contribution in [2.45, 2.75) is 39.7 Å². The molecule has 1 N–H and O–H groups in total. The maximum Gasteiger partial charge on any atom is 0.180 e. The Labute approximate surface area is 148 Å². The van der Waals surface area contributed by atoms with Gasteiger partial charge in [0.15, 0.2) is 5.82 Å². The first-order valence-corrected chi connectivity index (χ1v) is 8.85. The van der Waals surface area contributed by atoms with E-state index in [0.717, 1.165) is 42.2 Å². The first-order chi connectivity index (χ1) is 12.4. The van der Waals surface area contributed by atoms with Crippen molar-refractivity contribution in [3.8, 4) is 11.5 Å². The molecule has 25 heavy (non-hydrogen) atoms. The smallest absolute Gasteiger partial charge is 0.180 e. The fraction of sp³-hybridized carbons (Fsp3) is 0.300. The Morgan fingerprint density at radius 2 is 1.72 bits per heavy atom. The van der Waals surface area contributed by atoms with Crippen LogP contribution in [0.4, 0.5) is 5.82 Å². The molecule has 0 saturated carbocycles. The van der Waals surface area contributed by atoms with E-state index in [1.165, 1.54) is 5.56 Å². The Kier molecular flexibility index (Phi) is 5.67. The van der Waals surface area contributed by atoms with Crippen LogP contribution in [0.3, 0.4) is 0 Å². The SMILES string of the molecule is CC.c1ccc(CNc2nc(-c3ccccn3)nc3c2CCC3)nc1. The van der Waals surface area contributed by atoms with Gasteiger partial charge < -0.3 is 5.32 Å². The predicted molar refractivity (Wildman–Crippen MR) is 100 cm³/mol. The van der Waals surface area contributed by atoms with E-state index in [4.69, 9.17) is 9.97 Å². The minimum Gasteiger partial charge on any atom is -0.364 e. The van der Waals surface area contributed by atoms with Crippen LogP contribution in [0, 0.1) is 0 Å². The van der Waals surface area contributed by atoms with Crippen molar-refractivity contribution in [3.05, 3.63) is 65.7 Å². The maximum absolute atomic E-state index is 4.72. The molecule has 0 amide bonds. The number of aryl methyl sites for hydroxylation is 1. The Morgan fingerprint density at radius 1 is 0.920 bits per heavy atom. The molecule has 0 unspecified atom stereocenters. The van der Waals surface area contributed by atoms with Gasteiger partial charge in [-0.25, -0.2) is 9.97 Å². The van der Waals surface area contributed by atoms with Crippen LogP contribution in [0.2, 0.25) is 0 Å². The predicted octanol–water partition coefficient (Wildman–Crippen LogP) is 4.06. The number of anilines is 1. The molecule has 1 aliphatic carbocycles. The molecule has 5 heteroatoms. The highest BCUT2D eigenvalue weighted by Gasteiger charge is 2.20. The molecule has 3 heterocycles. The highest BCUT2D eigenvalue weighted by Crippen LogP contribution is 2.28. The summed E-state index contributed by atoms with van der Waals surface area (Å²) in [6, 6.07) is 11.7. The first-order valence-electron chi connectivity index (χ1n) is 8.85. The van der Waals surface area contributed by atoms with Gasteiger partial charge in [-0.15, -0.1) is 0 Å². The minimum absolute atomic E-state index is 0.659. The second kappa shape index (κ2) is 8.33. The van der Waals surface area contributed by atoms with Crippen molar-refractivity contribution in [3.63, 3.8) is 0 Å². The summed E-state index contributed by atoms with van der Waals surface area (Å²) in [5, 5.41) is 3.43. The molecule has 0 spiro atoms. The molecule has 0 saturated heterocycles. The summed E-state index contributed by atoms with van der Waals surface area (Å²) >= 11 is 0. The van der Waals surface area contributed by atoms with Gasteiger partial charge in [-0.1, -0.05) is 26.0 Å². The molecule has 0 fully saturated rings. The van der Waals surface area contributed by atoms with Crippen molar-refractivity contribution in [1.82, 2.24) is 19.9 Å². The monoisotopic (exact) mass is 333 g/mol. The topological polar surface area (TPSA) is 63.6 Å². The third kappa shape index (κ3) is 3.99. The van der Waals surface area contributed by atoms with Crippen LogP contribution < -0.4 is 5.32 Å². The molecular formula is C20H23N5. The Bertz CT molecular complexity index is 803. The molecule has 0 atom stereocenters. The van der Waals surface area contributed by atoms with Crippen molar-refractivity contribution in [1.29, 1.82) is 0 Å². The van der Waals surface area contributed by atoms with Crippen LogP contribution in [-0.4, -0.2) is 19.9 Å². The molecule has 128 valence electrons. The van der Waals surface area contributed by atoms with Gasteiger partial charge in [0.1, 0.15) is 11.5 Å². The molecule has 0 aromatic carbocycles. The van der Waals surface area contributed by atoms with Crippen LogP contribution in [0.1, 0.15) is 37.2 Å². The summed E-state index contributed by atoms with van der Waals surface area (Å²) in [6.07, 6.45) is 6.75. The number of hydrogen-bond donors (Lipinski definition) is 1. The second-order valence-corrected chi connectivity index (χ2v) is 5.56. The minimum atomic E-state index is 0.659. The largest absolute Gasteiger partial charge is 0.364 e. The second-order valence-electron chi connectivity index (χ2n) is 5.56. The zero-order valence-corrected chi connectivity index (χ0v) is 14.7. The summed E-state index contributed by atoms with van der Waals surface area (Å²) in [5.74, 6) is 1.61. The maximum atomic E-state index is 4.72. The molecule has 1 aliphatic rings. The van der Waals surface area contributed by atoms with Gasteiger partial charge in [-0.2, -0.15) is 0 Å². The summed E-state index contributed by atoms with van der Waals surface area (Å²) in [7, 11) is 0. The zero-order chi connectivity index (χ0) is 17.5. The summed E-state index contributed by atoms with van der Waals surface area (Å²) in [5.41, 5.74) is 4.19. The number of nitrogens with zero attached hydrogens (tertiary/aromatic N) is 4. The van der Waals surface area contributed by atoms with E-state index in [1.54, 1.807) is 12.4 Å².